The van der Waals surface area contributed by atoms with Gasteiger partial charge in [0.15, 0.2) is 0 Å². The van der Waals surface area contributed by atoms with Gasteiger partial charge in [0.25, 0.3) is 5.69 Å². The molecule has 1 saturated heterocycles. The van der Waals surface area contributed by atoms with Gasteiger partial charge < -0.3 is 4.90 Å². The Bertz CT molecular complexity index is 348. The number of likely N-dealkylation sites (tertiary alicyclic amines) is 1. The molecule has 1 heterocycles. The van der Waals surface area contributed by atoms with Crippen LogP contribution in [0.4, 0.5) is 5.69 Å². The van der Waals surface area contributed by atoms with Crippen molar-refractivity contribution >= 4 is 12.1 Å². The number of non-ortho nitro benzene ring substituents is 1. The van der Waals surface area contributed by atoms with Gasteiger partial charge in [-0.2, -0.15) is 0 Å². The van der Waals surface area contributed by atoms with Crippen molar-refractivity contribution in [3.8, 4) is 0 Å². The Kier molecular flexibility index (Phi) is 5.71. The molecule has 0 bridgehead atoms. The molecule has 0 aliphatic carbocycles. The number of rotatable bonds is 2. The quantitative estimate of drug-likeness (QED) is 0.449. The van der Waals surface area contributed by atoms with Crippen molar-refractivity contribution < 1.29 is 9.72 Å². The summed E-state index contributed by atoms with van der Waals surface area (Å²) in [5.74, 6) is 0. The lowest BCUT2D eigenvalue weighted by Gasteiger charge is -2.21. The molecular formula is C12H16N2O3. The van der Waals surface area contributed by atoms with Gasteiger partial charge in [-0.05, 0) is 19.3 Å². The zero-order valence-corrected chi connectivity index (χ0v) is 9.62. The Morgan fingerprint density at radius 3 is 2.06 bits per heavy atom. The second kappa shape index (κ2) is 7.38. The smallest absolute Gasteiger partial charge is 0.269 e. The van der Waals surface area contributed by atoms with Gasteiger partial charge in [0.2, 0.25) is 6.41 Å². The van der Waals surface area contributed by atoms with E-state index in [0.29, 0.717) is 0 Å². The minimum absolute atomic E-state index is 0.137. The molecule has 1 amide bonds. The number of benzene rings is 1. The minimum atomic E-state index is -0.417. The highest BCUT2D eigenvalue weighted by Gasteiger charge is 2.05. The normalized spacial score (nSPS) is 14.5. The largest absolute Gasteiger partial charge is 0.345 e. The lowest BCUT2D eigenvalue weighted by molar-refractivity contribution is -0.384. The summed E-state index contributed by atoms with van der Waals surface area (Å²) in [5.41, 5.74) is 0.137. The first-order chi connectivity index (χ1) is 8.24. The molecule has 2 rings (SSSR count). The van der Waals surface area contributed by atoms with E-state index in [2.05, 4.69) is 0 Å². The molecule has 5 nitrogen and oxygen atoms in total. The van der Waals surface area contributed by atoms with Crippen LogP contribution in [0.25, 0.3) is 0 Å². The van der Waals surface area contributed by atoms with Crippen LogP contribution in [0.5, 0.6) is 0 Å². The minimum Gasteiger partial charge on any atom is -0.345 e. The van der Waals surface area contributed by atoms with Crippen molar-refractivity contribution in [1.82, 2.24) is 4.90 Å². The maximum atomic E-state index is 10.1. The van der Waals surface area contributed by atoms with Crippen LogP contribution < -0.4 is 0 Å². The number of para-hydroxylation sites is 1. The topological polar surface area (TPSA) is 63.5 Å². The van der Waals surface area contributed by atoms with Gasteiger partial charge in [-0.3, -0.25) is 14.9 Å². The highest BCUT2D eigenvalue weighted by molar-refractivity contribution is 5.46. The fourth-order valence-corrected chi connectivity index (χ4v) is 1.57. The molecule has 17 heavy (non-hydrogen) atoms. The summed E-state index contributed by atoms with van der Waals surface area (Å²) in [7, 11) is 0. The molecule has 0 N–H and O–H groups in total. The predicted octanol–water partition coefficient (Wildman–Crippen LogP) is 2.22. The Morgan fingerprint density at radius 2 is 1.71 bits per heavy atom. The van der Waals surface area contributed by atoms with Gasteiger partial charge in [-0.1, -0.05) is 18.2 Å². The number of nitro benzene ring substituents is 1. The van der Waals surface area contributed by atoms with E-state index in [-0.39, 0.29) is 5.69 Å². The summed E-state index contributed by atoms with van der Waals surface area (Å²) >= 11 is 0. The number of carbonyl (C=O) groups excluding carboxylic acids is 1. The van der Waals surface area contributed by atoms with E-state index < -0.39 is 4.92 Å². The van der Waals surface area contributed by atoms with Crippen LogP contribution in [0, 0.1) is 10.1 Å². The van der Waals surface area contributed by atoms with E-state index in [1.807, 2.05) is 4.90 Å². The summed E-state index contributed by atoms with van der Waals surface area (Å²) in [6.45, 7) is 1.95. The molecule has 92 valence electrons. The highest BCUT2D eigenvalue weighted by atomic mass is 16.6. The number of piperidine rings is 1. The lowest BCUT2D eigenvalue weighted by atomic mass is 10.1. The first kappa shape index (κ1) is 13.2. The van der Waals surface area contributed by atoms with Gasteiger partial charge >= 0.3 is 0 Å². The van der Waals surface area contributed by atoms with E-state index in [1.54, 1.807) is 18.2 Å². The fourth-order valence-electron chi connectivity index (χ4n) is 1.57. The molecule has 1 aromatic rings. The standard InChI is InChI=1S/C6H5NO2.C6H11NO/c8-7(9)6-4-2-1-3-5-6;8-6-7-4-2-1-3-5-7/h1-5H;6H,1-5H2. The van der Waals surface area contributed by atoms with Crippen molar-refractivity contribution in [1.29, 1.82) is 0 Å². The Morgan fingerprint density at radius 1 is 1.12 bits per heavy atom. The van der Waals surface area contributed by atoms with Crippen molar-refractivity contribution in [3.63, 3.8) is 0 Å². The molecule has 1 aliphatic rings. The average molecular weight is 236 g/mol. The first-order valence-electron chi connectivity index (χ1n) is 5.63. The monoisotopic (exact) mass is 236 g/mol. The van der Waals surface area contributed by atoms with Crippen LogP contribution in [0.3, 0.4) is 0 Å². The number of hydrogen-bond acceptors (Lipinski definition) is 3. The number of nitrogens with zero attached hydrogens (tertiary/aromatic N) is 2. The third kappa shape index (κ3) is 5.10. The van der Waals surface area contributed by atoms with Gasteiger partial charge in [0.05, 0.1) is 4.92 Å². The first-order valence-corrected chi connectivity index (χ1v) is 5.63. The Labute approximate surface area is 100 Å². The van der Waals surface area contributed by atoms with Crippen LogP contribution in [-0.4, -0.2) is 29.3 Å². The van der Waals surface area contributed by atoms with E-state index in [9.17, 15) is 14.9 Å². The van der Waals surface area contributed by atoms with Gasteiger partial charge in [-0.15, -0.1) is 0 Å². The van der Waals surface area contributed by atoms with Gasteiger partial charge in [0, 0.05) is 25.2 Å². The number of amides is 1. The zero-order chi connectivity index (χ0) is 12.5. The van der Waals surface area contributed by atoms with Crippen LogP contribution >= 0.6 is 0 Å². The Hall–Kier alpha value is -1.91. The third-order valence-corrected chi connectivity index (χ3v) is 2.51. The third-order valence-electron chi connectivity index (χ3n) is 2.51. The molecule has 5 heteroatoms. The summed E-state index contributed by atoms with van der Waals surface area (Å²) in [6, 6.07) is 7.93. The molecule has 0 unspecified atom stereocenters. The van der Waals surface area contributed by atoms with Crippen LogP contribution in [0.15, 0.2) is 30.3 Å². The Balaban J connectivity index is 0.000000171. The van der Waals surface area contributed by atoms with E-state index >= 15 is 0 Å². The number of carbonyl (C=O) groups is 1. The van der Waals surface area contributed by atoms with Crippen LogP contribution in [-0.2, 0) is 4.79 Å². The maximum Gasteiger partial charge on any atom is 0.269 e. The van der Waals surface area contributed by atoms with Crippen LogP contribution in [0.1, 0.15) is 19.3 Å². The van der Waals surface area contributed by atoms with Gasteiger partial charge in [0.1, 0.15) is 0 Å². The second-order valence-corrected chi connectivity index (χ2v) is 3.79. The molecule has 0 spiro atoms. The van der Waals surface area contributed by atoms with E-state index in [0.717, 1.165) is 19.5 Å². The molecule has 1 fully saturated rings. The van der Waals surface area contributed by atoms with Crippen molar-refractivity contribution in [2.75, 3.05) is 13.1 Å². The summed E-state index contributed by atoms with van der Waals surface area (Å²) < 4.78 is 0. The van der Waals surface area contributed by atoms with Crippen molar-refractivity contribution in [2.45, 2.75) is 19.3 Å². The number of nitro groups is 1. The fraction of sp³-hybridized carbons (Fsp3) is 0.417. The summed E-state index contributed by atoms with van der Waals surface area (Å²) in [5, 5.41) is 10.0. The molecule has 1 aliphatic heterocycles. The number of hydrogen-bond donors (Lipinski definition) is 0. The van der Waals surface area contributed by atoms with Crippen molar-refractivity contribution in [2.24, 2.45) is 0 Å². The summed E-state index contributed by atoms with van der Waals surface area (Å²) in [6.07, 6.45) is 4.63. The average Bonchev–Trinajstić information content (AvgIpc) is 2.41. The molecule has 0 saturated carbocycles. The zero-order valence-electron chi connectivity index (χ0n) is 9.62. The molecule has 1 aromatic carbocycles. The van der Waals surface area contributed by atoms with Crippen LogP contribution in [0.2, 0.25) is 0 Å². The van der Waals surface area contributed by atoms with E-state index in [4.69, 9.17) is 0 Å². The van der Waals surface area contributed by atoms with Crippen molar-refractivity contribution in [3.05, 3.63) is 40.4 Å². The SMILES string of the molecule is O=CN1CCCCC1.O=[N+]([O-])c1ccccc1. The molecule has 0 aromatic heterocycles. The highest BCUT2D eigenvalue weighted by Crippen LogP contribution is 2.07. The lowest BCUT2D eigenvalue weighted by Crippen LogP contribution is -2.27. The van der Waals surface area contributed by atoms with E-state index in [1.165, 1.54) is 31.4 Å². The second-order valence-electron chi connectivity index (χ2n) is 3.79. The molecular weight excluding hydrogens is 220 g/mol. The maximum absolute atomic E-state index is 10.1. The summed E-state index contributed by atoms with van der Waals surface area (Å²) in [4.78, 5) is 21.5. The van der Waals surface area contributed by atoms with Gasteiger partial charge in [-0.25, -0.2) is 0 Å². The molecule has 0 atom stereocenters. The predicted molar refractivity (Wildman–Crippen MR) is 64.6 cm³/mol. The molecule has 0 radical (unpaired) electrons.